The third kappa shape index (κ3) is 5.97. The molecule has 0 radical (unpaired) electrons. The van der Waals surface area contributed by atoms with E-state index < -0.39 is 5.97 Å². The molecule has 6 heteroatoms. The zero-order chi connectivity index (χ0) is 20.6. The molecule has 0 aliphatic carbocycles. The summed E-state index contributed by atoms with van der Waals surface area (Å²) in [5, 5.41) is 8.03. The average molecular weight is 389 g/mol. The topological polar surface area (TPSA) is 74.1 Å². The third-order valence-electron chi connectivity index (χ3n) is 4.38. The van der Waals surface area contributed by atoms with E-state index in [1.54, 1.807) is 23.0 Å². The third-order valence-corrected chi connectivity index (χ3v) is 4.38. The minimum Gasteiger partial charge on any atom is -0.454 e. The van der Waals surface area contributed by atoms with E-state index in [-0.39, 0.29) is 12.4 Å². The molecule has 29 heavy (non-hydrogen) atoms. The van der Waals surface area contributed by atoms with Crippen LogP contribution in [0.1, 0.15) is 46.9 Å². The second-order valence-electron chi connectivity index (χ2n) is 6.97. The molecule has 0 spiro atoms. The van der Waals surface area contributed by atoms with Crippen molar-refractivity contribution in [1.82, 2.24) is 15.0 Å². The van der Waals surface area contributed by atoms with Gasteiger partial charge in [0, 0.05) is 11.6 Å². The molecule has 1 aromatic heterocycles. The molecule has 0 aliphatic heterocycles. The number of carbonyl (C=O) groups is 2. The van der Waals surface area contributed by atoms with Crippen LogP contribution in [0.15, 0.2) is 66.9 Å². The lowest BCUT2D eigenvalue weighted by molar-refractivity contribution is -0.136. The molecule has 3 rings (SSSR count). The highest BCUT2D eigenvalue weighted by atomic mass is 16.5. The van der Waals surface area contributed by atoms with Gasteiger partial charge in [-0.15, -0.1) is 5.10 Å². The molecule has 0 saturated carbocycles. The van der Waals surface area contributed by atoms with E-state index in [0.29, 0.717) is 23.7 Å². The van der Waals surface area contributed by atoms with Crippen LogP contribution in [-0.4, -0.2) is 33.4 Å². The highest BCUT2D eigenvalue weighted by Crippen LogP contribution is 2.15. The average Bonchev–Trinajstić information content (AvgIpc) is 3.18. The Hall–Kier alpha value is -3.54. The van der Waals surface area contributed by atoms with Gasteiger partial charge in [0.2, 0.25) is 0 Å². The van der Waals surface area contributed by atoms with Crippen molar-refractivity contribution in [2.24, 2.45) is 0 Å². The smallest absolute Gasteiger partial charge is 0.331 e. The number of rotatable bonds is 8. The van der Waals surface area contributed by atoms with Gasteiger partial charge in [-0.25, -0.2) is 9.48 Å². The van der Waals surface area contributed by atoms with Crippen LogP contribution in [0.5, 0.6) is 0 Å². The Kier molecular flexibility index (Phi) is 6.68. The highest BCUT2D eigenvalue weighted by molar-refractivity contribution is 5.98. The molecule has 2 aromatic carbocycles. The van der Waals surface area contributed by atoms with Gasteiger partial charge in [-0.2, -0.15) is 0 Å². The first-order valence-corrected chi connectivity index (χ1v) is 9.43. The lowest BCUT2D eigenvalue weighted by Crippen LogP contribution is -2.12. The van der Waals surface area contributed by atoms with E-state index in [1.807, 2.05) is 42.5 Å². The van der Waals surface area contributed by atoms with Crippen LogP contribution in [0.2, 0.25) is 0 Å². The van der Waals surface area contributed by atoms with E-state index in [9.17, 15) is 9.59 Å². The van der Waals surface area contributed by atoms with Gasteiger partial charge in [0.1, 0.15) is 5.69 Å². The number of nitrogens with zero attached hydrogens (tertiary/aromatic N) is 3. The van der Waals surface area contributed by atoms with Gasteiger partial charge < -0.3 is 4.74 Å². The van der Waals surface area contributed by atoms with Gasteiger partial charge in [-0.1, -0.05) is 73.7 Å². The van der Waals surface area contributed by atoms with Crippen molar-refractivity contribution in [3.05, 3.63) is 89.3 Å². The minimum absolute atomic E-state index is 0.240. The van der Waals surface area contributed by atoms with Crippen LogP contribution in [0.3, 0.4) is 0 Å². The Morgan fingerprint density at radius 2 is 1.79 bits per heavy atom. The first kappa shape index (κ1) is 20.2. The second-order valence-corrected chi connectivity index (χ2v) is 6.97. The molecule has 0 bridgehead atoms. The number of Topliss-reactive ketones (excluding diaryl/α,β-unsaturated/α-hetero) is 1. The van der Waals surface area contributed by atoms with Gasteiger partial charge in [-0.3, -0.25) is 4.79 Å². The number of esters is 1. The maximum atomic E-state index is 12.2. The summed E-state index contributed by atoms with van der Waals surface area (Å²) in [5.41, 5.74) is 3.32. The minimum atomic E-state index is -0.602. The second kappa shape index (κ2) is 9.59. The predicted molar refractivity (Wildman–Crippen MR) is 110 cm³/mol. The van der Waals surface area contributed by atoms with Crippen LogP contribution in [0.25, 0.3) is 6.08 Å². The molecule has 0 N–H and O–H groups in total. The number of benzene rings is 2. The van der Waals surface area contributed by atoms with E-state index in [0.717, 1.165) is 11.1 Å². The largest absolute Gasteiger partial charge is 0.454 e. The van der Waals surface area contributed by atoms with Crippen molar-refractivity contribution in [2.75, 3.05) is 6.61 Å². The number of aromatic nitrogens is 3. The summed E-state index contributed by atoms with van der Waals surface area (Å²) >= 11 is 0. The first-order chi connectivity index (χ1) is 14.0. The van der Waals surface area contributed by atoms with Crippen LogP contribution < -0.4 is 0 Å². The van der Waals surface area contributed by atoms with Gasteiger partial charge in [0.15, 0.2) is 12.4 Å². The number of hydrogen-bond acceptors (Lipinski definition) is 5. The molecular weight excluding hydrogens is 366 g/mol. The lowest BCUT2D eigenvalue weighted by atomic mass is 10.0. The van der Waals surface area contributed by atoms with Crippen molar-refractivity contribution < 1.29 is 14.3 Å². The fourth-order valence-electron chi connectivity index (χ4n) is 2.71. The van der Waals surface area contributed by atoms with Crippen molar-refractivity contribution in [3.8, 4) is 0 Å². The van der Waals surface area contributed by atoms with E-state index >= 15 is 0 Å². The summed E-state index contributed by atoms with van der Waals surface area (Å²) in [5.74, 6) is -0.446. The summed E-state index contributed by atoms with van der Waals surface area (Å²) in [6, 6.07) is 17.2. The molecule has 0 unspecified atom stereocenters. The number of ether oxygens (including phenoxy) is 1. The van der Waals surface area contributed by atoms with Crippen LogP contribution >= 0.6 is 0 Å². The van der Waals surface area contributed by atoms with Crippen molar-refractivity contribution in [2.45, 2.75) is 26.3 Å². The van der Waals surface area contributed by atoms with E-state index in [2.05, 4.69) is 24.2 Å². The Morgan fingerprint density at radius 3 is 2.48 bits per heavy atom. The number of carbonyl (C=O) groups excluding carboxylic acids is 2. The zero-order valence-corrected chi connectivity index (χ0v) is 16.5. The van der Waals surface area contributed by atoms with Gasteiger partial charge in [0.25, 0.3) is 0 Å². The maximum absolute atomic E-state index is 12.2. The summed E-state index contributed by atoms with van der Waals surface area (Å²) in [7, 11) is 0. The molecule has 0 amide bonds. The normalized spacial score (nSPS) is 11.1. The van der Waals surface area contributed by atoms with Gasteiger partial charge in [0.05, 0.1) is 12.7 Å². The Balaban J connectivity index is 1.49. The molecule has 0 saturated heterocycles. The molecule has 6 nitrogen and oxygen atoms in total. The van der Waals surface area contributed by atoms with Crippen LogP contribution in [0, 0.1) is 0 Å². The summed E-state index contributed by atoms with van der Waals surface area (Å²) in [4.78, 5) is 24.0. The quantitative estimate of drug-likeness (QED) is 0.332. The monoisotopic (exact) mass is 389 g/mol. The Bertz CT molecular complexity index is 990. The van der Waals surface area contributed by atoms with Crippen molar-refractivity contribution >= 4 is 17.8 Å². The predicted octanol–water partition coefficient (Wildman–Crippen LogP) is 3.89. The van der Waals surface area contributed by atoms with Crippen LogP contribution in [0.4, 0.5) is 0 Å². The van der Waals surface area contributed by atoms with Crippen molar-refractivity contribution in [3.63, 3.8) is 0 Å². The summed E-state index contributed by atoms with van der Waals surface area (Å²) < 4.78 is 6.72. The maximum Gasteiger partial charge on any atom is 0.331 e. The molecule has 0 atom stereocenters. The highest BCUT2D eigenvalue weighted by Gasteiger charge is 2.09. The Labute approximate surface area is 169 Å². The summed E-state index contributed by atoms with van der Waals surface area (Å²) in [6.07, 6.45) is 4.49. The zero-order valence-electron chi connectivity index (χ0n) is 16.5. The van der Waals surface area contributed by atoms with Crippen LogP contribution in [-0.2, 0) is 16.1 Å². The van der Waals surface area contributed by atoms with E-state index in [4.69, 9.17) is 4.74 Å². The standard InChI is InChI=1S/C23H23N3O3/c1-17(2)19-8-10-20(11-9-19)22(27)16-29-23(28)13-12-21-15-26(25-24-21)14-18-6-4-3-5-7-18/h3-13,15,17H,14,16H2,1-2H3/b13-12+. The van der Waals surface area contributed by atoms with E-state index in [1.165, 1.54) is 12.2 Å². The molecule has 1 heterocycles. The van der Waals surface area contributed by atoms with Gasteiger partial charge in [-0.05, 0) is 23.1 Å². The molecule has 148 valence electrons. The number of hydrogen-bond donors (Lipinski definition) is 0. The molecular formula is C23H23N3O3. The molecule has 3 aromatic rings. The SMILES string of the molecule is CC(C)c1ccc(C(=O)COC(=O)/C=C/c2cn(Cc3ccccc3)nn2)cc1. The molecule has 0 fully saturated rings. The fraction of sp³-hybridized carbons (Fsp3) is 0.217. The number of ketones is 1. The molecule has 0 aliphatic rings. The first-order valence-electron chi connectivity index (χ1n) is 9.43. The van der Waals surface area contributed by atoms with Gasteiger partial charge >= 0.3 is 5.97 Å². The fourth-order valence-corrected chi connectivity index (χ4v) is 2.71. The summed E-state index contributed by atoms with van der Waals surface area (Å²) in [6.45, 7) is 4.47. The van der Waals surface area contributed by atoms with Crippen molar-refractivity contribution in [1.29, 1.82) is 0 Å². The lowest BCUT2D eigenvalue weighted by Gasteiger charge is -2.06. The Morgan fingerprint density at radius 1 is 1.07 bits per heavy atom.